The van der Waals surface area contributed by atoms with Gasteiger partial charge >= 0.3 is 0 Å². The first-order valence-electron chi connectivity index (χ1n) is 20.4. The number of ether oxygens (including phenoxy) is 3. The van der Waals surface area contributed by atoms with Crippen LogP contribution in [0.3, 0.4) is 0 Å². The number of amides is 1. The normalized spacial score (nSPS) is 40.8. The predicted octanol–water partition coefficient (Wildman–Crippen LogP) is 6.99. The van der Waals surface area contributed by atoms with Crippen molar-refractivity contribution in [3.63, 3.8) is 0 Å². The highest BCUT2D eigenvalue weighted by Crippen LogP contribution is 2.78. The second-order valence-corrected chi connectivity index (χ2v) is 18.3. The van der Waals surface area contributed by atoms with Crippen LogP contribution in [0.1, 0.15) is 109 Å². The minimum absolute atomic E-state index is 0.0311. The van der Waals surface area contributed by atoms with Crippen LogP contribution in [-0.4, -0.2) is 78.5 Å². The van der Waals surface area contributed by atoms with Gasteiger partial charge in [-0.05, 0) is 106 Å². The number of fused-ring (bicyclic) bond motifs is 1. The number of hydrogen-bond donors (Lipinski definition) is 2. The zero-order valence-electron chi connectivity index (χ0n) is 32.0. The van der Waals surface area contributed by atoms with Gasteiger partial charge in [0.05, 0.1) is 45.0 Å². The Bertz CT molecular complexity index is 1630. The second kappa shape index (κ2) is 13.3. The van der Waals surface area contributed by atoms with Gasteiger partial charge in [-0.15, -0.1) is 0 Å². The van der Waals surface area contributed by atoms with E-state index in [1.165, 1.54) is 6.42 Å². The molecule has 1 amide bonds. The molecular weight excluding hydrogens is 654 g/mol. The summed E-state index contributed by atoms with van der Waals surface area (Å²) in [4.78, 5) is 31.1. The van der Waals surface area contributed by atoms with Gasteiger partial charge < -0.3 is 29.3 Å². The van der Waals surface area contributed by atoms with Gasteiger partial charge in [0.25, 0.3) is 0 Å². The molecule has 2 bridgehead atoms. The van der Waals surface area contributed by atoms with Crippen LogP contribution in [0.4, 0.5) is 0 Å². The molecule has 0 radical (unpaired) electrons. The molecule has 0 aromatic heterocycles. The Morgan fingerprint density at radius 1 is 0.885 bits per heavy atom. The van der Waals surface area contributed by atoms with Crippen LogP contribution in [0, 0.1) is 39.4 Å². The zero-order chi connectivity index (χ0) is 36.5. The molecule has 284 valence electrons. The van der Waals surface area contributed by atoms with Gasteiger partial charge in [-0.3, -0.25) is 9.59 Å². The van der Waals surface area contributed by atoms with Gasteiger partial charge in [-0.2, -0.15) is 0 Å². The van der Waals surface area contributed by atoms with Gasteiger partial charge in [0.2, 0.25) is 5.91 Å². The number of benzene rings is 1. The first-order chi connectivity index (χ1) is 24.9. The summed E-state index contributed by atoms with van der Waals surface area (Å²) >= 11 is 0. The highest BCUT2D eigenvalue weighted by atomic mass is 16.5. The van der Waals surface area contributed by atoms with Crippen molar-refractivity contribution in [3.05, 3.63) is 47.6 Å². The molecule has 4 saturated carbocycles. The first-order valence-corrected chi connectivity index (χ1v) is 20.4. The Morgan fingerprint density at radius 2 is 1.62 bits per heavy atom. The van der Waals surface area contributed by atoms with Gasteiger partial charge in [-0.25, -0.2) is 0 Å². The SMILES string of the molecule is COc1ccc(CC(=O)N(CC2CCCO2)CC2(O)CCC3C45C=CC6(C=C4C(=O)C4CCCCC4)CC(O)CCC6(C)C5CCC32C)cc1OC. The minimum Gasteiger partial charge on any atom is -0.493 e. The maximum absolute atomic E-state index is 14.9. The molecule has 9 unspecified atom stereocenters. The third kappa shape index (κ3) is 5.38. The Kier molecular flexibility index (Phi) is 9.26. The molecule has 8 nitrogen and oxygen atoms in total. The summed E-state index contributed by atoms with van der Waals surface area (Å²) in [5.41, 5.74) is -0.602. The van der Waals surface area contributed by atoms with E-state index in [0.29, 0.717) is 43.3 Å². The molecule has 1 heterocycles. The molecule has 1 saturated heterocycles. The molecule has 1 aromatic carbocycles. The molecule has 9 rings (SSSR count). The van der Waals surface area contributed by atoms with Crippen molar-refractivity contribution in [1.82, 2.24) is 4.90 Å². The maximum Gasteiger partial charge on any atom is 0.227 e. The van der Waals surface area contributed by atoms with Crippen molar-refractivity contribution < 1.29 is 34.0 Å². The number of allylic oxidation sites excluding steroid dienone is 4. The van der Waals surface area contributed by atoms with E-state index in [0.717, 1.165) is 81.8 Å². The summed E-state index contributed by atoms with van der Waals surface area (Å²) in [6.45, 7) is 6.12. The average molecular weight is 716 g/mol. The number of aliphatic hydroxyl groups is 2. The lowest BCUT2D eigenvalue weighted by atomic mass is 9.32. The molecule has 7 aliphatic carbocycles. The summed E-state index contributed by atoms with van der Waals surface area (Å²) in [6.07, 6.45) is 19.8. The van der Waals surface area contributed by atoms with Crippen molar-refractivity contribution in [2.45, 2.75) is 128 Å². The number of ketones is 1. The van der Waals surface area contributed by atoms with Gasteiger partial charge in [0.1, 0.15) is 0 Å². The summed E-state index contributed by atoms with van der Waals surface area (Å²) in [5, 5.41) is 24.2. The largest absolute Gasteiger partial charge is 0.493 e. The number of carbonyl (C=O) groups is 2. The standard InChI is InChI=1S/C44H61NO7/c1-40-17-14-31(46)25-42(40)20-21-44(33(26-42)39(48)30-9-6-5-7-10-30)36(40)15-18-41(2)37(44)16-19-43(41,49)28-45(27-32-11-8-22-52-32)38(47)24-29-12-13-34(50-3)35(23-29)51-4/h12-13,20-21,23,26,30-32,36-37,46,49H,5-11,14-19,22,24-25,27-28H2,1-4H3. The molecule has 2 spiro atoms. The number of aliphatic hydroxyl groups excluding tert-OH is 1. The number of methoxy groups -OCH3 is 2. The van der Waals surface area contributed by atoms with Crippen LogP contribution in [0.2, 0.25) is 0 Å². The van der Waals surface area contributed by atoms with Gasteiger partial charge in [-0.1, -0.05) is 57.4 Å². The fraction of sp³-hybridized carbons (Fsp3) is 0.727. The van der Waals surface area contributed by atoms with Crippen molar-refractivity contribution in [2.24, 2.45) is 39.4 Å². The van der Waals surface area contributed by atoms with Crippen LogP contribution in [0.15, 0.2) is 42.0 Å². The molecule has 2 N–H and O–H groups in total. The van der Waals surface area contributed by atoms with Crippen molar-refractivity contribution in [2.75, 3.05) is 33.9 Å². The second-order valence-electron chi connectivity index (χ2n) is 18.3. The number of Topliss-reactive ketones (excluding diaryl/α,β-unsaturated/α-hetero) is 1. The fourth-order valence-electron chi connectivity index (χ4n) is 13.1. The van der Waals surface area contributed by atoms with E-state index in [1.54, 1.807) is 14.2 Å². The van der Waals surface area contributed by atoms with E-state index >= 15 is 0 Å². The maximum atomic E-state index is 14.9. The minimum atomic E-state index is -1.12. The molecule has 8 aliphatic rings. The summed E-state index contributed by atoms with van der Waals surface area (Å²) in [5.74, 6) is 1.92. The van der Waals surface area contributed by atoms with Crippen molar-refractivity contribution in [3.8, 4) is 11.5 Å². The zero-order valence-corrected chi connectivity index (χ0v) is 32.0. The topological polar surface area (TPSA) is 106 Å². The number of rotatable bonds is 10. The number of nitrogens with zero attached hydrogens (tertiary/aromatic N) is 1. The number of carbonyl (C=O) groups excluding carboxylic acids is 2. The van der Waals surface area contributed by atoms with E-state index in [2.05, 4.69) is 32.1 Å². The van der Waals surface area contributed by atoms with E-state index in [1.807, 2.05) is 23.1 Å². The Balaban J connectivity index is 1.14. The average Bonchev–Trinajstić information content (AvgIpc) is 3.76. The number of hydrogen-bond acceptors (Lipinski definition) is 7. The van der Waals surface area contributed by atoms with E-state index in [4.69, 9.17) is 14.2 Å². The lowest BCUT2D eigenvalue weighted by Crippen LogP contribution is -2.67. The lowest BCUT2D eigenvalue weighted by Gasteiger charge is -2.71. The Morgan fingerprint density at radius 3 is 2.35 bits per heavy atom. The molecule has 52 heavy (non-hydrogen) atoms. The van der Waals surface area contributed by atoms with Crippen LogP contribution in [0.25, 0.3) is 0 Å². The molecule has 1 aliphatic heterocycles. The molecule has 5 fully saturated rings. The fourth-order valence-corrected chi connectivity index (χ4v) is 13.1. The highest BCUT2D eigenvalue weighted by molar-refractivity contribution is 6.00. The van der Waals surface area contributed by atoms with Crippen molar-refractivity contribution >= 4 is 11.7 Å². The molecule has 1 aromatic rings. The quantitative estimate of drug-likeness (QED) is 0.252. The smallest absolute Gasteiger partial charge is 0.227 e. The summed E-state index contributed by atoms with van der Waals surface area (Å²) < 4.78 is 17.1. The summed E-state index contributed by atoms with van der Waals surface area (Å²) in [6, 6.07) is 5.61. The third-order valence-corrected chi connectivity index (χ3v) is 16.0. The Labute approximate surface area is 310 Å². The first kappa shape index (κ1) is 36.3. The van der Waals surface area contributed by atoms with E-state index in [-0.39, 0.29) is 59.7 Å². The van der Waals surface area contributed by atoms with Gasteiger partial charge in [0, 0.05) is 40.9 Å². The van der Waals surface area contributed by atoms with Gasteiger partial charge in [0.15, 0.2) is 17.3 Å². The van der Waals surface area contributed by atoms with Crippen LogP contribution >= 0.6 is 0 Å². The van der Waals surface area contributed by atoms with Crippen LogP contribution < -0.4 is 9.47 Å². The third-order valence-electron chi connectivity index (χ3n) is 16.0. The molecular formula is C44H61NO7. The monoisotopic (exact) mass is 715 g/mol. The summed E-state index contributed by atoms with van der Waals surface area (Å²) in [7, 11) is 3.20. The Hall–Kier alpha value is -2.68. The van der Waals surface area contributed by atoms with Crippen LogP contribution in [0.5, 0.6) is 11.5 Å². The van der Waals surface area contributed by atoms with E-state index < -0.39 is 16.4 Å². The predicted molar refractivity (Wildman–Crippen MR) is 199 cm³/mol. The van der Waals surface area contributed by atoms with Crippen molar-refractivity contribution in [1.29, 1.82) is 0 Å². The highest BCUT2D eigenvalue weighted by Gasteiger charge is 2.74. The lowest BCUT2D eigenvalue weighted by molar-refractivity contribution is -0.181. The van der Waals surface area contributed by atoms with Crippen LogP contribution in [-0.2, 0) is 20.7 Å². The van der Waals surface area contributed by atoms with E-state index in [9.17, 15) is 19.8 Å². The molecule has 8 heteroatoms. The molecule has 9 atom stereocenters.